The lowest BCUT2D eigenvalue weighted by Crippen LogP contribution is -2.25. The summed E-state index contributed by atoms with van der Waals surface area (Å²) < 4.78 is 61.1. The van der Waals surface area contributed by atoms with E-state index in [9.17, 15) is 32.3 Å². The van der Waals surface area contributed by atoms with Gasteiger partial charge in [-0.25, -0.2) is 4.39 Å². The zero-order valence-corrected chi connectivity index (χ0v) is 21.2. The Bertz CT molecular complexity index is 1520. The predicted molar refractivity (Wildman–Crippen MR) is 141 cm³/mol. The Labute approximate surface area is 231 Å². The van der Waals surface area contributed by atoms with Crippen LogP contribution in [0, 0.1) is 5.82 Å². The molecule has 7 nitrogen and oxygen atoms in total. The summed E-state index contributed by atoms with van der Waals surface area (Å²) in [4.78, 5) is 22.8. The molecule has 0 aromatic heterocycles. The highest BCUT2D eigenvalue weighted by atomic mass is 19.4. The highest BCUT2D eigenvalue weighted by Gasteiger charge is 2.31. The Morgan fingerprint density at radius 2 is 1.44 bits per heavy atom. The maximum Gasteiger partial charge on any atom is 0.573 e. The molecule has 0 aliphatic rings. The van der Waals surface area contributed by atoms with E-state index in [4.69, 9.17) is 9.84 Å². The van der Waals surface area contributed by atoms with E-state index in [2.05, 4.69) is 10.1 Å². The van der Waals surface area contributed by atoms with E-state index in [1.165, 1.54) is 48.5 Å². The van der Waals surface area contributed by atoms with Gasteiger partial charge in [0.15, 0.2) is 0 Å². The number of alkyl halides is 3. The van der Waals surface area contributed by atoms with E-state index in [0.29, 0.717) is 33.6 Å². The van der Waals surface area contributed by atoms with E-state index >= 15 is 0 Å². The van der Waals surface area contributed by atoms with Crippen molar-refractivity contribution in [2.24, 2.45) is 0 Å². The zero-order valence-electron chi connectivity index (χ0n) is 21.2. The van der Waals surface area contributed by atoms with Crippen molar-refractivity contribution < 1.29 is 46.8 Å². The number of benzene rings is 4. The molecular formula is C30H23F4NO6. The van der Waals surface area contributed by atoms with Crippen LogP contribution in [0.15, 0.2) is 84.9 Å². The standard InChI is InChI=1S/C30H23F4NO6/c31-22-9-5-20(6-10-22)25-15-26(36)24(19-7-11-23(12-8-19)41-30(32,33)34)16-27(25)40-17-18-1-3-21(4-2-18)29(39)35-14-13-28(37)38/h1-12,15-16,36H,13-14,17H2,(H,35,39)(H,37,38). The summed E-state index contributed by atoms with van der Waals surface area (Å²) in [5.74, 6) is -2.20. The van der Waals surface area contributed by atoms with Gasteiger partial charge in [-0.05, 0) is 65.2 Å². The zero-order chi connectivity index (χ0) is 29.6. The van der Waals surface area contributed by atoms with E-state index in [1.807, 2.05) is 0 Å². The third kappa shape index (κ3) is 7.98. The molecule has 0 aliphatic heterocycles. The first kappa shape index (κ1) is 28.9. The highest BCUT2D eigenvalue weighted by Crippen LogP contribution is 2.41. The molecule has 0 spiro atoms. The number of hydrogen-bond donors (Lipinski definition) is 3. The van der Waals surface area contributed by atoms with Gasteiger partial charge >= 0.3 is 12.3 Å². The SMILES string of the molecule is O=C(O)CCNC(=O)c1ccc(COc2cc(-c3ccc(OC(F)(F)F)cc3)c(O)cc2-c2ccc(F)cc2)cc1. The van der Waals surface area contributed by atoms with Gasteiger partial charge in [0.25, 0.3) is 5.91 Å². The number of halogens is 4. The number of phenols is 1. The van der Waals surface area contributed by atoms with Crippen LogP contribution in [0.2, 0.25) is 0 Å². The molecule has 4 aromatic rings. The van der Waals surface area contributed by atoms with Crippen LogP contribution in [0.1, 0.15) is 22.3 Å². The molecule has 0 unspecified atom stereocenters. The van der Waals surface area contributed by atoms with Crippen molar-refractivity contribution in [1.29, 1.82) is 0 Å². The Hall–Kier alpha value is -5.06. The smallest absolute Gasteiger partial charge is 0.507 e. The van der Waals surface area contributed by atoms with E-state index in [-0.39, 0.29) is 30.9 Å². The maximum atomic E-state index is 13.6. The molecule has 3 N–H and O–H groups in total. The van der Waals surface area contributed by atoms with E-state index < -0.39 is 29.8 Å². The minimum Gasteiger partial charge on any atom is -0.507 e. The minimum atomic E-state index is -4.84. The lowest BCUT2D eigenvalue weighted by molar-refractivity contribution is -0.274. The van der Waals surface area contributed by atoms with Crippen LogP contribution in [0.5, 0.6) is 17.2 Å². The Kier molecular flexibility index (Phi) is 8.76. The highest BCUT2D eigenvalue weighted by molar-refractivity contribution is 5.94. The largest absolute Gasteiger partial charge is 0.573 e. The number of aromatic hydroxyl groups is 1. The van der Waals surface area contributed by atoms with Gasteiger partial charge in [0, 0.05) is 23.2 Å². The summed E-state index contributed by atoms with van der Waals surface area (Å²) in [5.41, 5.74) is 2.67. The van der Waals surface area contributed by atoms with Gasteiger partial charge < -0.3 is 25.0 Å². The van der Waals surface area contributed by atoms with Gasteiger partial charge in [0.1, 0.15) is 29.7 Å². The van der Waals surface area contributed by atoms with Crippen LogP contribution in [0.25, 0.3) is 22.3 Å². The van der Waals surface area contributed by atoms with Crippen LogP contribution < -0.4 is 14.8 Å². The average molecular weight is 570 g/mol. The van der Waals surface area contributed by atoms with Gasteiger partial charge in [0.05, 0.1) is 6.42 Å². The molecule has 0 aliphatic carbocycles. The van der Waals surface area contributed by atoms with Crippen molar-refractivity contribution in [2.45, 2.75) is 19.4 Å². The van der Waals surface area contributed by atoms with Crippen LogP contribution in [0.3, 0.4) is 0 Å². The first-order valence-electron chi connectivity index (χ1n) is 12.2. The van der Waals surface area contributed by atoms with Crippen molar-refractivity contribution in [1.82, 2.24) is 5.32 Å². The predicted octanol–water partition coefficient (Wildman–Crippen LogP) is 6.55. The van der Waals surface area contributed by atoms with Gasteiger partial charge in [-0.3, -0.25) is 9.59 Å². The summed E-state index contributed by atoms with van der Waals surface area (Å²) in [6, 6.07) is 19.9. The molecule has 11 heteroatoms. The molecule has 0 saturated carbocycles. The lowest BCUT2D eigenvalue weighted by Gasteiger charge is -2.16. The van der Waals surface area contributed by atoms with Crippen LogP contribution >= 0.6 is 0 Å². The van der Waals surface area contributed by atoms with Crippen molar-refractivity contribution >= 4 is 11.9 Å². The topological polar surface area (TPSA) is 105 Å². The second kappa shape index (κ2) is 12.4. The number of carbonyl (C=O) groups excluding carboxylic acids is 1. The fraction of sp³-hybridized carbons (Fsp3) is 0.133. The molecule has 0 atom stereocenters. The van der Waals surface area contributed by atoms with Gasteiger partial charge in [0.2, 0.25) is 0 Å². The normalized spacial score (nSPS) is 11.1. The van der Waals surface area contributed by atoms with Gasteiger partial charge in [-0.2, -0.15) is 0 Å². The Morgan fingerprint density at radius 1 is 0.829 bits per heavy atom. The molecule has 0 saturated heterocycles. The van der Waals surface area contributed by atoms with Crippen LogP contribution in [-0.4, -0.2) is 35.0 Å². The quantitative estimate of drug-likeness (QED) is 0.187. The Morgan fingerprint density at radius 3 is 2.05 bits per heavy atom. The summed E-state index contributed by atoms with van der Waals surface area (Å²) in [6.45, 7) is 0.0319. The van der Waals surface area contributed by atoms with Gasteiger partial charge in [-0.15, -0.1) is 13.2 Å². The molecule has 0 bridgehead atoms. The van der Waals surface area contributed by atoms with Crippen molar-refractivity contribution in [2.75, 3.05) is 6.54 Å². The first-order valence-corrected chi connectivity index (χ1v) is 12.2. The van der Waals surface area contributed by atoms with E-state index in [0.717, 1.165) is 12.1 Å². The molecule has 0 heterocycles. The lowest BCUT2D eigenvalue weighted by atomic mass is 9.98. The molecule has 4 aromatic carbocycles. The second-order valence-electron chi connectivity index (χ2n) is 8.83. The number of phenolic OH excluding ortho intramolecular Hbond substituents is 1. The number of rotatable bonds is 10. The molecular weight excluding hydrogens is 546 g/mol. The monoisotopic (exact) mass is 569 g/mol. The fourth-order valence-corrected chi connectivity index (χ4v) is 3.91. The van der Waals surface area contributed by atoms with Crippen LogP contribution in [-0.2, 0) is 11.4 Å². The number of aliphatic carboxylic acids is 1. The number of carboxylic acid groups (broad SMARTS) is 1. The summed E-state index contributed by atoms with van der Waals surface area (Å²) in [5, 5.41) is 22.0. The Balaban J connectivity index is 1.58. The molecule has 0 radical (unpaired) electrons. The molecule has 0 fully saturated rings. The first-order chi connectivity index (χ1) is 19.5. The number of hydrogen-bond acceptors (Lipinski definition) is 5. The minimum absolute atomic E-state index is 0.00748. The third-order valence-corrected chi connectivity index (χ3v) is 5.89. The van der Waals surface area contributed by atoms with E-state index in [1.54, 1.807) is 24.3 Å². The van der Waals surface area contributed by atoms with Gasteiger partial charge in [-0.1, -0.05) is 36.4 Å². The fourth-order valence-electron chi connectivity index (χ4n) is 3.91. The number of ether oxygens (including phenoxy) is 2. The number of nitrogens with one attached hydrogen (secondary N) is 1. The third-order valence-electron chi connectivity index (χ3n) is 5.89. The number of carboxylic acids is 1. The molecule has 1 amide bonds. The van der Waals surface area contributed by atoms with Crippen molar-refractivity contribution in [3.63, 3.8) is 0 Å². The second-order valence-corrected chi connectivity index (χ2v) is 8.83. The maximum absolute atomic E-state index is 13.6. The number of amides is 1. The summed E-state index contributed by atoms with van der Waals surface area (Å²) in [7, 11) is 0. The summed E-state index contributed by atoms with van der Waals surface area (Å²) >= 11 is 0. The average Bonchev–Trinajstić information content (AvgIpc) is 2.92. The van der Waals surface area contributed by atoms with Crippen molar-refractivity contribution in [3.8, 4) is 39.5 Å². The molecule has 4 rings (SSSR count). The molecule has 41 heavy (non-hydrogen) atoms. The van der Waals surface area contributed by atoms with Crippen molar-refractivity contribution in [3.05, 3.63) is 102 Å². The molecule has 212 valence electrons. The van der Waals surface area contributed by atoms with Crippen LogP contribution in [0.4, 0.5) is 17.6 Å². The summed E-state index contributed by atoms with van der Waals surface area (Å²) in [6.07, 6.45) is -5.04. The number of carbonyl (C=O) groups is 2.